The fourth-order valence-electron chi connectivity index (χ4n) is 3.33. The second-order valence-corrected chi connectivity index (χ2v) is 6.61. The molecule has 5 nitrogen and oxygen atoms in total. The summed E-state index contributed by atoms with van der Waals surface area (Å²) in [6.45, 7) is 0.711. The van der Waals surface area contributed by atoms with Gasteiger partial charge in [-0.1, -0.05) is 12.1 Å². The molecule has 1 aliphatic rings. The Morgan fingerprint density at radius 1 is 1.16 bits per heavy atom. The Kier molecular flexibility index (Phi) is 4.19. The van der Waals surface area contributed by atoms with Crippen molar-refractivity contribution in [1.29, 1.82) is 0 Å². The summed E-state index contributed by atoms with van der Waals surface area (Å²) in [6.07, 6.45) is 9.71. The fourth-order valence-corrected chi connectivity index (χ4v) is 3.63. The predicted molar refractivity (Wildman–Crippen MR) is 101 cm³/mol. The van der Waals surface area contributed by atoms with Crippen LogP contribution in [-0.4, -0.2) is 24.5 Å². The summed E-state index contributed by atoms with van der Waals surface area (Å²) in [4.78, 5) is 11.0. The highest BCUT2D eigenvalue weighted by Crippen LogP contribution is 2.39. The van der Waals surface area contributed by atoms with Gasteiger partial charge in [-0.15, -0.1) is 0 Å². The van der Waals surface area contributed by atoms with E-state index in [1.165, 1.54) is 5.56 Å². The van der Waals surface area contributed by atoms with Gasteiger partial charge in [0.2, 0.25) is 0 Å². The number of thiocarbonyl (C=S) groups is 1. The normalized spacial score (nSPS) is 19.9. The number of pyridine rings is 2. The van der Waals surface area contributed by atoms with Crippen LogP contribution in [0, 0.1) is 0 Å². The van der Waals surface area contributed by atoms with Crippen molar-refractivity contribution >= 4 is 17.3 Å². The smallest absolute Gasteiger partial charge is 0.170 e. The molecule has 0 aliphatic carbocycles. The molecular formula is C19H19N5S. The first-order chi connectivity index (χ1) is 12.2. The standard InChI is InChI=1S/C19H19N5S/c1-23-10-7-15(13-23)18-17(16-6-2-3-9-21-16)22-19(25)24(18)12-14-5-4-8-20-11-14/h2-11,13,17-18H,12H2,1H3,(H,22,25). The van der Waals surface area contributed by atoms with Crippen LogP contribution in [0.15, 0.2) is 67.4 Å². The van der Waals surface area contributed by atoms with Crippen LogP contribution in [0.3, 0.4) is 0 Å². The molecule has 0 aromatic carbocycles. The van der Waals surface area contributed by atoms with Gasteiger partial charge in [-0.2, -0.15) is 0 Å². The first kappa shape index (κ1) is 15.8. The fraction of sp³-hybridized carbons (Fsp3) is 0.211. The highest BCUT2D eigenvalue weighted by atomic mass is 32.1. The molecule has 1 fully saturated rings. The van der Waals surface area contributed by atoms with Crippen LogP contribution in [0.2, 0.25) is 0 Å². The van der Waals surface area contributed by atoms with Crippen molar-refractivity contribution < 1.29 is 0 Å². The van der Waals surface area contributed by atoms with Gasteiger partial charge >= 0.3 is 0 Å². The van der Waals surface area contributed by atoms with Gasteiger partial charge in [0.05, 0.1) is 17.8 Å². The molecule has 1 N–H and O–H groups in total. The predicted octanol–water partition coefficient (Wildman–Crippen LogP) is 2.99. The third-order valence-electron chi connectivity index (χ3n) is 4.47. The number of nitrogens with one attached hydrogen (secondary N) is 1. The number of nitrogens with zero attached hydrogens (tertiary/aromatic N) is 4. The topological polar surface area (TPSA) is 46.0 Å². The summed E-state index contributed by atoms with van der Waals surface area (Å²) in [5.41, 5.74) is 3.34. The summed E-state index contributed by atoms with van der Waals surface area (Å²) in [7, 11) is 2.03. The molecule has 4 heterocycles. The Labute approximate surface area is 152 Å². The lowest BCUT2D eigenvalue weighted by Crippen LogP contribution is -2.29. The highest BCUT2D eigenvalue weighted by Gasteiger charge is 2.39. The van der Waals surface area contributed by atoms with Gasteiger partial charge < -0.3 is 14.8 Å². The molecule has 3 aromatic heterocycles. The van der Waals surface area contributed by atoms with E-state index >= 15 is 0 Å². The van der Waals surface area contributed by atoms with Crippen LogP contribution in [0.25, 0.3) is 0 Å². The molecule has 1 aliphatic heterocycles. The van der Waals surface area contributed by atoms with Crippen molar-refractivity contribution in [3.8, 4) is 0 Å². The van der Waals surface area contributed by atoms with Crippen molar-refractivity contribution in [1.82, 2.24) is 24.8 Å². The van der Waals surface area contributed by atoms with Gasteiger partial charge in [-0.05, 0) is 47.6 Å². The minimum Gasteiger partial charge on any atom is -0.357 e. The molecule has 2 atom stereocenters. The zero-order valence-corrected chi connectivity index (χ0v) is 14.7. The maximum Gasteiger partial charge on any atom is 0.170 e. The second-order valence-electron chi connectivity index (χ2n) is 6.23. The molecule has 0 radical (unpaired) electrons. The molecule has 0 saturated carbocycles. The van der Waals surface area contributed by atoms with Gasteiger partial charge in [0.25, 0.3) is 0 Å². The van der Waals surface area contributed by atoms with Gasteiger partial charge in [-0.3, -0.25) is 9.97 Å². The zero-order chi connectivity index (χ0) is 17.2. The lowest BCUT2D eigenvalue weighted by atomic mass is 9.99. The summed E-state index contributed by atoms with van der Waals surface area (Å²) >= 11 is 5.66. The van der Waals surface area contributed by atoms with E-state index in [1.54, 1.807) is 6.20 Å². The van der Waals surface area contributed by atoms with E-state index in [-0.39, 0.29) is 12.1 Å². The van der Waals surface area contributed by atoms with Gasteiger partial charge in [0, 0.05) is 44.6 Å². The molecule has 0 amide bonds. The number of aromatic nitrogens is 3. The molecule has 4 rings (SSSR count). The average molecular weight is 349 g/mol. The van der Waals surface area contributed by atoms with Crippen molar-refractivity contribution in [2.45, 2.75) is 18.6 Å². The van der Waals surface area contributed by atoms with Gasteiger partial charge in [-0.25, -0.2) is 0 Å². The van der Waals surface area contributed by atoms with Crippen LogP contribution >= 0.6 is 12.2 Å². The van der Waals surface area contributed by atoms with E-state index in [2.05, 4.69) is 49.3 Å². The van der Waals surface area contributed by atoms with E-state index in [9.17, 15) is 0 Å². The number of hydrogen-bond acceptors (Lipinski definition) is 3. The lowest BCUT2D eigenvalue weighted by Gasteiger charge is -2.27. The number of aryl methyl sites for hydroxylation is 1. The van der Waals surface area contributed by atoms with Gasteiger partial charge in [0.1, 0.15) is 0 Å². The largest absolute Gasteiger partial charge is 0.357 e. The second kappa shape index (κ2) is 6.64. The highest BCUT2D eigenvalue weighted by molar-refractivity contribution is 7.80. The van der Waals surface area contributed by atoms with Crippen molar-refractivity contribution in [2.75, 3.05) is 0 Å². The molecule has 2 unspecified atom stereocenters. The maximum atomic E-state index is 5.66. The van der Waals surface area contributed by atoms with Crippen LogP contribution < -0.4 is 5.32 Å². The summed E-state index contributed by atoms with van der Waals surface area (Å²) in [5, 5.41) is 4.21. The molecule has 6 heteroatoms. The van der Waals surface area contributed by atoms with E-state index < -0.39 is 0 Å². The van der Waals surface area contributed by atoms with E-state index in [1.807, 2.05) is 43.7 Å². The summed E-state index contributed by atoms with van der Waals surface area (Å²) in [6, 6.07) is 12.3. The molecule has 25 heavy (non-hydrogen) atoms. The average Bonchev–Trinajstić information content (AvgIpc) is 3.20. The van der Waals surface area contributed by atoms with E-state index in [4.69, 9.17) is 12.2 Å². The van der Waals surface area contributed by atoms with Crippen LogP contribution in [-0.2, 0) is 13.6 Å². The Morgan fingerprint density at radius 2 is 2.08 bits per heavy atom. The quantitative estimate of drug-likeness (QED) is 0.734. The van der Waals surface area contributed by atoms with E-state index in [0.717, 1.165) is 16.4 Å². The summed E-state index contributed by atoms with van der Waals surface area (Å²) < 4.78 is 2.06. The van der Waals surface area contributed by atoms with E-state index in [0.29, 0.717) is 6.54 Å². The number of hydrogen-bond donors (Lipinski definition) is 1. The van der Waals surface area contributed by atoms with Crippen LogP contribution in [0.5, 0.6) is 0 Å². The monoisotopic (exact) mass is 349 g/mol. The zero-order valence-electron chi connectivity index (χ0n) is 13.9. The third kappa shape index (κ3) is 3.13. The Hall–Kier alpha value is -2.73. The van der Waals surface area contributed by atoms with Crippen molar-refractivity contribution in [3.05, 3.63) is 84.2 Å². The number of rotatable bonds is 4. The first-order valence-electron chi connectivity index (χ1n) is 8.21. The minimum absolute atomic E-state index is 0.0211. The van der Waals surface area contributed by atoms with Gasteiger partial charge in [0.15, 0.2) is 5.11 Å². The minimum atomic E-state index is 0.0211. The van der Waals surface area contributed by atoms with Crippen molar-refractivity contribution in [2.24, 2.45) is 7.05 Å². The molecule has 0 bridgehead atoms. The third-order valence-corrected chi connectivity index (χ3v) is 4.82. The van der Waals surface area contributed by atoms with Crippen LogP contribution in [0.4, 0.5) is 0 Å². The molecule has 1 saturated heterocycles. The van der Waals surface area contributed by atoms with Crippen LogP contribution in [0.1, 0.15) is 28.9 Å². The molecular weight excluding hydrogens is 330 g/mol. The first-order valence-corrected chi connectivity index (χ1v) is 8.62. The summed E-state index contributed by atoms with van der Waals surface area (Å²) in [5.74, 6) is 0. The Bertz CT molecular complexity index is 862. The molecule has 3 aromatic rings. The Balaban J connectivity index is 1.72. The lowest BCUT2D eigenvalue weighted by molar-refractivity contribution is 0.311. The SMILES string of the molecule is Cn1ccc(C2C(c3ccccn3)NC(=S)N2Cc2cccnc2)c1. The van der Waals surface area contributed by atoms with Crippen molar-refractivity contribution in [3.63, 3.8) is 0 Å². The molecule has 0 spiro atoms. The Morgan fingerprint density at radius 3 is 2.76 bits per heavy atom. The maximum absolute atomic E-state index is 5.66. The molecule has 126 valence electrons.